The van der Waals surface area contributed by atoms with Gasteiger partial charge in [-0.05, 0) is 60.4 Å². The Morgan fingerprint density at radius 3 is 3.03 bits per heavy atom. The van der Waals surface area contributed by atoms with Gasteiger partial charge in [0.2, 0.25) is 0 Å². The first kappa shape index (κ1) is 22.0. The molecule has 2 aliphatic rings. The number of hydrogen-bond acceptors (Lipinski definition) is 8. The van der Waals surface area contributed by atoms with Crippen LogP contribution in [0.5, 0.6) is 0 Å². The van der Waals surface area contributed by atoms with Crippen molar-refractivity contribution in [3.63, 3.8) is 0 Å². The molecule has 0 saturated carbocycles. The standard InChI is InChI=1S/C22H30N6O2S2/c1-3-4-9-28-18(24-25-26-28)13-31-22-23-20-19(16-8-7-14(2)11-17(16)32-20)21(29)27(22)12-15-6-5-10-30-15/h14-15H,3-13H2,1-2H3. The molecular formula is C22H30N6O2S2. The van der Waals surface area contributed by atoms with E-state index in [0.29, 0.717) is 18.2 Å². The van der Waals surface area contributed by atoms with E-state index in [-0.39, 0.29) is 11.7 Å². The molecule has 10 heteroatoms. The van der Waals surface area contributed by atoms with Crippen LogP contribution < -0.4 is 5.56 Å². The average Bonchev–Trinajstić information content (AvgIpc) is 3.52. The number of rotatable bonds is 8. The van der Waals surface area contributed by atoms with Crippen LogP contribution in [0.3, 0.4) is 0 Å². The first-order chi connectivity index (χ1) is 15.6. The predicted molar refractivity (Wildman–Crippen MR) is 126 cm³/mol. The van der Waals surface area contributed by atoms with Gasteiger partial charge >= 0.3 is 0 Å². The van der Waals surface area contributed by atoms with Crippen LogP contribution in [-0.2, 0) is 36.4 Å². The van der Waals surface area contributed by atoms with E-state index in [1.54, 1.807) is 23.1 Å². The van der Waals surface area contributed by atoms with Gasteiger partial charge in [-0.25, -0.2) is 9.67 Å². The van der Waals surface area contributed by atoms with E-state index in [1.165, 1.54) is 10.4 Å². The molecule has 1 aliphatic heterocycles. The third-order valence-electron chi connectivity index (χ3n) is 6.45. The lowest BCUT2D eigenvalue weighted by Crippen LogP contribution is -2.29. The van der Waals surface area contributed by atoms with Crippen LogP contribution in [0.15, 0.2) is 9.95 Å². The Kier molecular flexibility index (Phi) is 6.61. The van der Waals surface area contributed by atoms with Gasteiger partial charge in [0, 0.05) is 18.0 Å². The van der Waals surface area contributed by atoms with Crippen LogP contribution in [0.4, 0.5) is 0 Å². The molecule has 0 spiro atoms. The van der Waals surface area contributed by atoms with Crippen molar-refractivity contribution in [2.75, 3.05) is 6.61 Å². The Hall–Kier alpha value is -1.78. The average molecular weight is 475 g/mol. The number of ether oxygens (including phenoxy) is 1. The van der Waals surface area contributed by atoms with Gasteiger partial charge in [0.1, 0.15) is 4.83 Å². The molecule has 32 heavy (non-hydrogen) atoms. The van der Waals surface area contributed by atoms with E-state index >= 15 is 0 Å². The van der Waals surface area contributed by atoms with Crippen molar-refractivity contribution in [3.8, 4) is 0 Å². The number of unbranched alkanes of at least 4 members (excludes halogenated alkanes) is 1. The largest absolute Gasteiger partial charge is 0.376 e. The number of aromatic nitrogens is 6. The number of tetrazole rings is 1. The van der Waals surface area contributed by atoms with E-state index in [2.05, 4.69) is 29.4 Å². The molecule has 2 atom stereocenters. The summed E-state index contributed by atoms with van der Waals surface area (Å²) in [5, 5.41) is 13.8. The van der Waals surface area contributed by atoms with Crippen LogP contribution in [0.1, 0.15) is 62.2 Å². The topological polar surface area (TPSA) is 87.7 Å². The Morgan fingerprint density at radius 1 is 1.31 bits per heavy atom. The summed E-state index contributed by atoms with van der Waals surface area (Å²) in [5.74, 6) is 2.07. The van der Waals surface area contributed by atoms with Crippen molar-refractivity contribution < 1.29 is 4.74 Å². The van der Waals surface area contributed by atoms with Gasteiger partial charge in [0.25, 0.3) is 5.56 Å². The zero-order valence-electron chi connectivity index (χ0n) is 18.7. The highest BCUT2D eigenvalue weighted by Crippen LogP contribution is 2.37. The van der Waals surface area contributed by atoms with Crippen molar-refractivity contribution in [1.82, 2.24) is 29.8 Å². The fraction of sp³-hybridized carbons (Fsp3) is 0.682. The summed E-state index contributed by atoms with van der Waals surface area (Å²) < 4.78 is 9.59. The molecule has 4 heterocycles. The number of thiophene rings is 1. The molecule has 2 unspecified atom stereocenters. The van der Waals surface area contributed by atoms with Gasteiger partial charge in [-0.15, -0.1) is 16.4 Å². The van der Waals surface area contributed by atoms with Crippen molar-refractivity contribution >= 4 is 33.3 Å². The second-order valence-electron chi connectivity index (χ2n) is 8.94. The highest BCUT2D eigenvalue weighted by atomic mass is 32.2. The zero-order valence-corrected chi connectivity index (χ0v) is 20.4. The van der Waals surface area contributed by atoms with Gasteiger partial charge in [0.15, 0.2) is 11.0 Å². The van der Waals surface area contributed by atoms with Crippen molar-refractivity contribution in [2.45, 2.75) is 88.9 Å². The summed E-state index contributed by atoms with van der Waals surface area (Å²) in [6, 6.07) is 0. The third-order valence-corrected chi connectivity index (χ3v) is 8.57. The van der Waals surface area contributed by atoms with Crippen molar-refractivity contribution in [3.05, 3.63) is 26.6 Å². The molecule has 172 valence electrons. The lowest BCUT2D eigenvalue weighted by molar-refractivity contribution is 0.0937. The molecule has 0 amide bonds. The van der Waals surface area contributed by atoms with Crippen LogP contribution >= 0.6 is 23.1 Å². The molecule has 0 N–H and O–H groups in total. The van der Waals surface area contributed by atoms with Crippen molar-refractivity contribution in [2.24, 2.45) is 5.92 Å². The Morgan fingerprint density at radius 2 is 2.22 bits per heavy atom. The quantitative estimate of drug-likeness (QED) is 0.362. The summed E-state index contributed by atoms with van der Waals surface area (Å²) in [5.41, 5.74) is 1.33. The second-order valence-corrected chi connectivity index (χ2v) is 11.0. The van der Waals surface area contributed by atoms with E-state index in [9.17, 15) is 4.79 Å². The number of thioether (sulfide) groups is 1. The highest BCUT2D eigenvalue weighted by molar-refractivity contribution is 7.98. The summed E-state index contributed by atoms with van der Waals surface area (Å²) in [4.78, 5) is 21.0. The van der Waals surface area contributed by atoms with Crippen molar-refractivity contribution in [1.29, 1.82) is 0 Å². The van der Waals surface area contributed by atoms with Gasteiger partial charge in [-0.3, -0.25) is 9.36 Å². The molecule has 1 aliphatic carbocycles. The zero-order chi connectivity index (χ0) is 22.1. The predicted octanol–water partition coefficient (Wildman–Crippen LogP) is 3.84. The van der Waals surface area contributed by atoms with E-state index in [4.69, 9.17) is 9.72 Å². The normalized spacial score (nSPS) is 20.8. The van der Waals surface area contributed by atoms with Gasteiger partial charge in [0.05, 0.1) is 23.8 Å². The number of nitrogens with zero attached hydrogens (tertiary/aromatic N) is 6. The second kappa shape index (κ2) is 9.61. The maximum atomic E-state index is 13.7. The minimum Gasteiger partial charge on any atom is -0.376 e. The van der Waals surface area contributed by atoms with E-state index in [1.807, 2.05) is 9.25 Å². The molecule has 0 aromatic carbocycles. The fourth-order valence-corrected chi connectivity index (χ4v) is 6.97. The van der Waals surface area contributed by atoms with E-state index < -0.39 is 0 Å². The first-order valence-corrected chi connectivity index (χ1v) is 13.5. The monoisotopic (exact) mass is 474 g/mol. The molecule has 3 aromatic rings. The molecule has 3 aromatic heterocycles. The molecule has 1 saturated heterocycles. The summed E-state index contributed by atoms with van der Waals surface area (Å²) >= 11 is 3.26. The maximum absolute atomic E-state index is 13.7. The van der Waals surface area contributed by atoms with Gasteiger partial charge in [-0.2, -0.15) is 0 Å². The molecule has 1 fully saturated rings. The van der Waals surface area contributed by atoms with Gasteiger partial charge < -0.3 is 4.74 Å². The number of aryl methyl sites for hydroxylation is 2. The summed E-state index contributed by atoms with van der Waals surface area (Å²) in [7, 11) is 0. The molecule has 0 radical (unpaired) electrons. The maximum Gasteiger partial charge on any atom is 0.263 e. The Labute approximate surface area is 195 Å². The lowest BCUT2D eigenvalue weighted by Gasteiger charge is -2.18. The minimum absolute atomic E-state index is 0.0793. The Balaban J connectivity index is 1.50. The summed E-state index contributed by atoms with van der Waals surface area (Å²) in [6.07, 6.45) is 7.42. The number of hydrogen-bond donors (Lipinski definition) is 0. The van der Waals surface area contributed by atoms with Crippen LogP contribution in [0.25, 0.3) is 10.2 Å². The van der Waals surface area contributed by atoms with Gasteiger partial charge in [-0.1, -0.05) is 32.0 Å². The van der Waals surface area contributed by atoms with Crippen LogP contribution in [0, 0.1) is 5.92 Å². The fourth-order valence-electron chi connectivity index (χ4n) is 4.61. The smallest absolute Gasteiger partial charge is 0.263 e. The molecule has 5 rings (SSSR count). The van der Waals surface area contributed by atoms with Crippen LogP contribution in [0.2, 0.25) is 0 Å². The number of fused-ring (bicyclic) bond motifs is 3. The first-order valence-electron chi connectivity index (χ1n) is 11.7. The molecule has 0 bridgehead atoms. The highest BCUT2D eigenvalue weighted by Gasteiger charge is 2.26. The van der Waals surface area contributed by atoms with Crippen LogP contribution in [-0.4, -0.2) is 42.5 Å². The minimum atomic E-state index is 0.0793. The molecule has 8 nitrogen and oxygen atoms in total. The summed E-state index contributed by atoms with van der Waals surface area (Å²) in [6.45, 7) is 6.59. The SMILES string of the molecule is CCCCn1nnnc1CSc1nc2sc3c(c2c(=O)n1CC1CCCO1)CCC(C)C3. The van der Waals surface area contributed by atoms with E-state index in [0.717, 1.165) is 79.3 Å². The lowest BCUT2D eigenvalue weighted by atomic mass is 9.89. The Bertz CT molecular complexity index is 1150. The third kappa shape index (κ3) is 4.36. The molecular weight excluding hydrogens is 444 g/mol.